The predicted molar refractivity (Wildman–Crippen MR) is 83.0 cm³/mol. The Morgan fingerprint density at radius 2 is 2.10 bits per heavy atom. The zero-order valence-electron chi connectivity index (χ0n) is 12.2. The van der Waals surface area contributed by atoms with Crippen molar-refractivity contribution in [2.75, 3.05) is 6.61 Å². The summed E-state index contributed by atoms with van der Waals surface area (Å²) in [6.07, 6.45) is 0.578. The number of benzene rings is 1. The van der Waals surface area contributed by atoms with Gasteiger partial charge in [-0.1, -0.05) is 22.0 Å². The summed E-state index contributed by atoms with van der Waals surface area (Å²) in [5.74, 6) is -0.370. The molecule has 1 saturated heterocycles. The first-order valence-corrected chi connectivity index (χ1v) is 8.96. The third-order valence-corrected chi connectivity index (χ3v) is 6.24. The minimum atomic E-state index is -3.51. The van der Waals surface area contributed by atoms with Crippen molar-refractivity contribution in [3.05, 3.63) is 34.1 Å². The van der Waals surface area contributed by atoms with Crippen LogP contribution in [0.1, 0.15) is 38.8 Å². The molecule has 1 N–H and O–H groups in total. The predicted octanol–water partition coefficient (Wildman–Crippen LogP) is 3.14. The van der Waals surface area contributed by atoms with Crippen LogP contribution in [0.4, 0.5) is 4.39 Å². The number of halogens is 2. The molecule has 4 nitrogen and oxygen atoms in total. The van der Waals surface area contributed by atoms with Crippen molar-refractivity contribution in [1.29, 1.82) is 0 Å². The van der Waals surface area contributed by atoms with E-state index in [1.54, 1.807) is 26.8 Å². The maximum Gasteiger partial charge on any atom is 0.217 e. The Balaban J connectivity index is 2.30. The minimum absolute atomic E-state index is 0.0506. The molecule has 1 aliphatic heterocycles. The van der Waals surface area contributed by atoms with Crippen LogP contribution >= 0.6 is 15.9 Å². The van der Waals surface area contributed by atoms with E-state index in [9.17, 15) is 12.8 Å². The van der Waals surface area contributed by atoms with Gasteiger partial charge in [-0.15, -0.1) is 0 Å². The standard InChI is InChI=1S/C14H19BrFNO3S/c1-14(2,3)21(18,19)17-13(7-10-8-20-10)11-5-4-9(16)6-12(11)15/h4-6,10,13,17H,7-8H2,1-3H3/t10-,13+/m1/s1. The van der Waals surface area contributed by atoms with Crippen LogP contribution in [-0.4, -0.2) is 25.9 Å². The lowest BCUT2D eigenvalue weighted by atomic mass is 10.0. The van der Waals surface area contributed by atoms with Gasteiger partial charge in [0.1, 0.15) is 5.82 Å². The average molecular weight is 380 g/mol. The highest BCUT2D eigenvalue weighted by Gasteiger charge is 2.35. The van der Waals surface area contributed by atoms with Gasteiger partial charge in [0.25, 0.3) is 0 Å². The van der Waals surface area contributed by atoms with Crippen molar-refractivity contribution in [1.82, 2.24) is 4.72 Å². The largest absolute Gasteiger partial charge is 0.373 e. The van der Waals surface area contributed by atoms with Gasteiger partial charge >= 0.3 is 0 Å². The molecule has 0 amide bonds. The van der Waals surface area contributed by atoms with Gasteiger partial charge in [-0.05, 0) is 44.9 Å². The summed E-state index contributed by atoms with van der Waals surface area (Å²) in [5, 5.41) is 0. The van der Waals surface area contributed by atoms with Crippen molar-refractivity contribution in [3.8, 4) is 0 Å². The molecule has 21 heavy (non-hydrogen) atoms. The van der Waals surface area contributed by atoms with E-state index in [4.69, 9.17) is 4.74 Å². The van der Waals surface area contributed by atoms with E-state index in [0.29, 0.717) is 23.1 Å². The first-order valence-electron chi connectivity index (χ1n) is 6.68. The summed E-state index contributed by atoms with van der Waals surface area (Å²) in [6, 6.07) is 3.81. The molecule has 1 heterocycles. The molecule has 7 heteroatoms. The smallest absolute Gasteiger partial charge is 0.217 e. The molecule has 0 bridgehead atoms. The van der Waals surface area contributed by atoms with Crippen molar-refractivity contribution >= 4 is 26.0 Å². The van der Waals surface area contributed by atoms with E-state index in [-0.39, 0.29) is 11.9 Å². The average Bonchev–Trinajstić information content (AvgIpc) is 3.10. The highest BCUT2D eigenvalue weighted by Crippen LogP contribution is 2.32. The first kappa shape index (κ1) is 16.9. The van der Waals surface area contributed by atoms with Crippen LogP contribution in [0.25, 0.3) is 0 Å². The number of ether oxygens (including phenoxy) is 1. The monoisotopic (exact) mass is 379 g/mol. The van der Waals surface area contributed by atoms with Crippen molar-refractivity contribution in [3.63, 3.8) is 0 Å². The Hall–Kier alpha value is -0.500. The first-order chi connectivity index (χ1) is 9.60. The Kier molecular flexibility index (Phi) is 4.78. The van der Waals surface area contributed by atoms with Crippen LogP contribution in [0.3, 0.4) is 0 Å². The SMILES string of the molecule is CC(C)(C)S(=O)(=O)N[C@@H](C[C@@H]1CO1)c1ccc(F)cc1Br. The molecule has 2 rings (SSSR count). The van der Waals surface area contributed by atoms with Crippen LogP contribution in [0.2, 0.25) is 0 Å². The highest BCUT2D eigenvalue weighted by molar-refractivity contribution is 9.10. The van der Waals surface area contributed by atoms with Gasteiger partial charge in [-0.3, -0.25) is 0 Å². The molecule has 1 aromatic rings. The molecule has 1 aliphatic rings. The van der Waals surface area contributed by atoms with Crippen LogP contribution in [0.15, 0.2) is 22.7 Å². The van der Waals surface area contributed by atoms with Crippen LogP contribution < -0.4 is 4.72 Å². The third kappa shape index (κ3) is 4.25. The van der Waals surface area contributed by atoms with Crippen LogP contribution in [-0.2, 0) is 14.8 Å². The fraction of sp³-hybridized carbons (Fsp3) is 0.571. The van der Waals surface area contributed by atoms with E-state index in [1.807, 2.05) is 0 Å². The molecule has 0 unspecified atom stereocenters. The van der Waals surface area contributed by atoms with E-state index < -0.39 is 20.8 Å². The minimum Gasteiger partial charge on any atom is -0.373 e. The van der Waals surface area contributed by atoms with Crippen LogP contribution in [0, 0.1) is 5.82 Å². The second-order valence-corrected chi connectivity index (χ2v) is 9.46. The number of rotatable bonds is 5. The number of nitrogens with one attached hydrogen (secondary N) is 1. The number of sulfonamides is 1. The summed E-state index contributed by atoms with van der Waals surface area (Å²) in [6.45, 7) is 5.55. The van der Waals surface area contributed by atoms with Crippen LogP contribution in [0.5, 0.6) is 0 Å². The maximum absolute atomic E-state index is 13.2. The molecule has 1 fully saturated rings. The Labute approximate surface area is 133 Å². The van der Waals surface area contributed by atoms with Gasteiger partial charge in [0.05, 0.1) is 23.5 Å². The Morgan fingerprint density at radius 1 is 1.48 bits per heavy atom. The van der Waals surface area contributed by atoms with Gasteiger partial charge in [0.15, 0.2) is 0 Å². The molecule has 2 atom stereocenters. The summed E-state index contributed by atoms with van der Waals surface area (Å²) in [4.78, 5) is 0. The molecular weight excluding hydrogens is 361 g/mol. The third-order valence-electron chi connectivity index (χ3n) is 3.34. The molecule has 0 radical (unpaired) electrons. The Morgan fingerprint density at radius 3 is 2.57 bits per heavy atom. The van der Waals surface area contributed by atoms with E-state index in [2.05, 4.69) is 20.7 Å². The normalized spacial score (nSPS) is 20.3. The molecule has 0 aromatic heterocycles. The van der Waals surface area contributed by atoms with Crippen molar-refractivity contribution in [2.24, 2.45) is 0 Å². The van der Waals surface area contributed by atoms with E-state index in [1.165, 1.54) is 12.1 Å². The van der Waals surface area contributed by atoms with Gasteiger partial charge < -0.3 is 4.74 Å². The fourth-order valence-corrected chi connectivity index (χ4v) is 3.43. The molecule has 0 spiro atoms. The van der Waals surface area contributed by atoms with Crippen molar-refractivity contribution < 1.29 is 17.5 Å². The number of epoxide rings is 1. The molecule has 1 aromatic carbocycles. The number of hydrogen-bond donors (Lipinski definition) is 1. The molecule has 0 saturated carbocycles. The molecular formula is C14H19BrFNO3S. The van der Waals surface area contributed by atoms with Gasteiger partial charge in [-0.25, -0.2) is 17.5 Å². The lowest BCUT2D eigenvalue weighted by molar-refractivity contribution is 0.373. The quantitative estimate of drug-likeness (QED) is 0.799. The zero-order valence-corrected chi connectivity index (χ0v) is 14.6. The highest BCUT2D eigenvalue weighted by atomic mass is 79.9. The second-order valence-electron chi connectivity index (χ2n) is 6.14. The summed E-state index contributed by atoms with van der Waals surface area (Å²) in [5.41, 5.74) is 0.708. The maximum atomic E-state index is 13.2. The van der Waals surface area contributed by atoms with E-state index in [0.717, 1.165) is 0 Å². The summed E-state index contributed by atoms with van der Waals surface area (Å²) in [7, 11) is -3.51. The topological polar surface area (TPSA) is 58.7 Å². The van der Waals surface area contributed by atoms with Gasteiger partial charge in [0.2, 0.25) is 10.0 Å². The summed E-state index contributed by atoms with van der Waals surface area (Å²) >= 11 is 3.30. The second kappa shape index (κ2) is 5.95. The zero-order chi connectivity index (χ0) is 15.8. The lowest BCUT2D eigenvalue weighted by Crippen LogP contribution is -2.41. The number of hydrogen-bond acceptors (Lipinski definition) is 3. The summed E-state index contributed by atoms with van der Waals surface area (Å²) < 4.78 is 45.5. The lowest BCUT2D eigenvalue weighted by Gasteiger charge is -2.26. The molecule has 118 valence electrons. The van der Waals surface area contributed by atoms with Gasteiger partial charge in [-0.2, -0.15) is 0 Å². The van der Waals surface area contributed by atoms with Gasteiger partial charge in [0, 0.05) is 4.47 Å². The van der Waals surface area contributed by atoms with E-state index >= 15 is 0 Å². The fourth-order valence-electron chi connectivity index (χ4n) is 1.85. The Bertz CT molecular complexity index is 624. The molecule has 0 aliphatic carbocycles. The van der Waals surface area contributed by atoms with Crippen molar-refractivity contribution in [2.45, 2.75) is 44.1 Å².